The van der Waals surface area contributed by atoms with Gasteiger partial charge in [-0.3, -0.25) is 4.98 Å². The van der Waals surface area contributed by atoms with Crippen LogP contribution in [0.3, 0.4) is 0 Å². The summed E-state index contributed by atoms with van der Waals surface area (Å²) in [5.74, 6) is 1.49. The van der Waals surface area contributed by atoms with E-state index in [0.717, 1.165) is 61.7 Å². The Balaban J connectivity index is 0.956. The summed E-state index contributed by atoms with van der Waals surface area (Å²) in [6.07, 6.45) is 3.48. The number of rotatable bonds is 7. The SMILES string of the molecule is c1ccc(-c2ccc(C3=NC(c4ccccc4)NC(c4ccc(-c5cccc(N6c7c(c8cnccc8c8ccccc78)NC6c6ccccc6)c5)cc4)=N3)cc2)cc1. The Bertz CT molecular complexity index is 3030. The second kappa shape index (κ2) is 14.6. The average Bonchev–Trinajstić information content (AvgIpc) is 3.74. The first-order valence-corrected chi connectivity index (χ1v) is 20.0. The van der Waals surface area contributed by atoms with Crippen molar-refractivity contribution in [3.8, 4) is 22.3 Å². The third-order valence-corrected chi connectivity index (χ3v) is 11.4. The van der Waals surface area contributed by atoms with E-state index in [0.29, 0.717) is 5.84 Å². The topological polar surface area (TPSA) is 64.9 Å². The summed E-state index contributed by atoms with van der Waals surface area (Å²) in [5, 5.41) is 12.3. The van der Waals surface area contributed by atoms with E-state index in [1.807, 2.05) is 24.5 Å². The van der Waals surface area contributed by atoms with Gasteiger partial charge in [0, 0.05) is 40.0 Å². The molecule has 1 aromatic heterocycles. The molecule has 0 radical (unpaired) electrons. The number of hydrogen-bond donors (Lipinski definition) is 2. The van der Waals surface area contributed by atoms with Gasteiger partial charge in [0.2, 0.25) is 0 Å². The quantitative estimate of drug-likeness (QED) is 0.159. The van der Waals surface area contributed by atoms with Crippen molar-refractivity contribution in [1.29, 1.82) is 0 Å². The predicted molar refractivity (Wildman–Crippen MR) is 243 cm³/mol. The van der Waals surface area contributed by atoms with Crippen molar-refractivity contribution in [2.45, 2.75) is 12.3 Å². The van der Waals surface area contributed by atoms with Gasteiger partial charge in [0.25, 0.3) is 0 Å². The molecule has 2 aliphatic rings. The number of aromatic nitrogens is 1. The zero-order chi connectivity index (χ0) is 39.1. The van der Waals surface area contributed by atoms with E-state index in [4.69, 9.17) is 9.98 Å². The number of amidine groups is 2. The van der Waals surface area contributed by atoms with Crippen LogP contribution in [0.2, 0.25) is 0 Å². The van der Waals surface area contributed by atoms with E-state index in [1.165, 1.54) is 27.3 Å². The minimum absolute atomic E-state index is 0.114. The Labute approximate surface area is 342 Å². The van der Waals surface area contributed by atoms with E-state index in [9.17, 15) is 0 Å². The molecule has 0 amide bonds. The van der Waals surface area contributed by atoms with Gasteiger partial charge in [-0.05, 0) is 62.4 Å². The maximum atomic E-state index is 5.11. The summed E-state index contributed by atoms with van der Waals surface area (Å²) in [6, 6.07) is 68.4. The minimum Gasteiger partial charge on any atom is -0.359 e. The van der Waals surface area contributed by atoms with E-state index in [-0.39, 0.29) is 12.3 Å². The lowest BCUT2D eigenvalue weighted by atomic mass is 9.99. The second-order valence-corrected chi connectivity index (χ2v) is 15.0. The zero-order valence-electron chi connectivity index (χ0n) is 32.1. The minimum atomic E-state index is -0.276. The van der Waals surface area contributed by atoms with Crippen molar-refractivity contribution in [3.63, 3.8) is 0 Å². The monoisotopic (exact) mass is 758 g/mol. The molecule has 6 nitrogen and oxygen atoms in total. The third kappa shape index (κ3) is 6.28. The summed E-state index contributed by atoms with van der Waals surface area (Å²) in [7, 11) is 0. The van der Waals surface area contributed by atoms with Gasteiger partial charge in [-0.1, -0.05) is 176 Å². The van der Waals surface area contributed by atoms with Crippen molar-refractivity contribution in [3.05, 3.63) is 229 Å². The predicted octanol–water partition coefficient (Wildman–Crippen LogP) is 12.5. The van der Waals surface area contributed by atoms with E-state index in [1.54, 1.807) is 0 Å². The molecular weight excluding hydrogens is 721 g/mol. The molecule has 280 valence electrons. The first-order valence-electron chi connectivity index (χ1n) is 20.0. The standard InChI is InChI=1S/C53H38N6/c1-4-13-35(14-5-1)36-23-27-39(28-24-36)51-56-50(38-15-6-2-7-16-38)57-52(58-51)40-29-25-37(26-30-40)42-19-12-20-43(33-42)59-49-46-22-11-10-21-44(46)45-31-32-54-34-47(45)48(49)55-53(59)41-17-8-3-9-18-41/h1-34,50,53,55H,(H,56,57,58). The highest BCUT2D eigenvalue weighted by Crippen LogP contribution is 2.53. The first-order chi connectivity index (χ1) is 29.2. The number of fused-ring (bicyclic) bond motifs is 6. The fourth-order valence-electron chi connectivity index (χ4n) is 8.52. The molecule has 2 atom stereocenters. The van der Waals surface area contributed by atoms with Gasteiger partial charge in [0.1, 0.15) is 18.2 Å². The fraction of sp³-hybridized carbons (Fsp3) is 0.0377. The highest BCUT2D eigenvalue weighted by atomic mass is 15.3. The molecule has 2 N–H and O–H groups in total. The molecule has 3 heterocycles. The molecule has 11 rings (SSSR count). The van der Waals surface area contributed by atoms with Crippen molar-refractivity contribution in [2.24, 2.45) is 9.98 Å². The number of pyridine rings is 1. The summed E-state index contributed by atoms with van der Waals surface area (Å²) >= 11 is 0. The van der Waals surface area contributed by atoms with Crippen LogP contribution in [0.25, 0.3) is 43.8 Å². The summed E-state index contributed by atoms with van der Waals surface area (Å²) in [4.78, 5) is 17.2. The Morgan fingerprint density at radius 1 is 0.441 bits per heavy atom. The van der Waals surface area contributed by atoms with Crippen LogP contribution < -0.4 is 15.5 Å². The lowest BCUT2D eigenvalue weighted by Crippen LogP contribution is -2.33. The fourth-order valence-corrected chi connectivity index (χ4v) is 8.52. The number of nitrogens with one attached hydrogen (secondary N) is 2. The number of benzene rings is 8. The van der Waals surface area contributed by atoms with Crippen LogP contribution in [-0.2, 0) is 0 Å². The summed E-state index contributed by atoms with van der Waals surface area (Å²) in [6.45, 7) is 0. The van der Waals surface area contributed by atoms with Gasteiger partial charge < -0.3 is 15.5 Å². The molecule has 6 heteroatoms. The Morgan fingerprint density at radius 3 is 1.76 bits per heavy atom. The van der Waals surface area contributed by atoms with E-state index in [2.05, 4.69) is 203 Å². The molecule has 0 aliphatic carbocycles. The lowest BCUT2D eigenvalue weighted by molar-refractivity contribution is 0.674. The van der Waals surface area contributed by atoms with Crippen LogP contribution >= 0.6 is 0 Å². The molecule has 0 fully saturated rings. The van der Waals surface area contributed by atoms with Crippen molar-refractivity contribution < 1.29 is 0 Å². The maximum absolute atomic E-state index is 5.11. The van der Waals surface area contributed by atoms with Gasteiger partial charge >= 0.3 is 0 Å². The lowest BCUT2D eigenvalue weighted by Gasteiger charge is -2.28. The molecule has 0 saturated heterocycles. The number of nitrogens with zero attached hydrogens (tertiary/aromatic N) is 4. The summed E-state index contributed by atoms with van der Waals surface area (Å²) < 4.78 is 0. The van der Waals surface area contributed by atoms with Gasteiger partial charge in [-0.2, -0.15) is 0 Å². The van der Waals surface area contributed by atoms with Gasteiger partial charge in [0.15, 0.2) is 5.84 Å². The van der Waals surface area contributed by atoms with Crippen LogP contribution in [0.15, 0.2) is 217 Å². The maximum Gasteiger partial charge on any atom is 0.159 e. The van der Waals surface area contributed by atoms with Crippen LogP contribution in [-0.4, -0.2) is 16.7 Å². The van der Waals surface area contributed by atoms with E-state index < -0.39 is 0 Å². The highest BCUT2D eigenvalue weighted by molar-refractivity contribution is 6.22. The third-order valence-electron chi connectivity index (χ3n) is 11.4. The molecule has 0 saturated carbocycles. The largest absolute Gasteiger partial charge is 0.359 e. The van der Waals surface area contributed by atoms with Gasteiger partial charge in [-0.25, -0.2) is 9.98 Å². The van der Waals surface area contributed by atoms with Gasteiger partial charge in [0.05, 0.1) is 11.4 Å². The smallest absolute Gasteiger partial charge is 0.159 e. The highest BCUT2D eigenvalue weighted by Gasteiger charge is 2.35. The summed E-state index contributed by atoms with van der Waals surface area (Å²) in [5.41, 5.74) is 12.2. The Kier molecular flexibility index (Phi) is 8.51. The zero-order valence-corrected chi connectivity index (χ0v) is 32.1. The Hall–Kier alpha value is -7.83. The number of aliphatic imine (C=N–C) groups is 2. The molecule has 9 aromatic rings. The van der Waals surface area contributed by atoms with Crippen LogP contribution in [0.4, 0.5) is 17.1 Å². The number of hydrogen-bond acceptors (Lipinski definition) is 6. The second-order valence-electron chi connectivity index (χ2n) is 15.0. The van der Waals surface area contributed by atoms with Crippen LogP contribution in [0.5, 0.6) is 0 Å². The van der Waals surface area contributed by atoms with Crippen molar-refractivity contribution >= 4 is 50.3 Å². The molecule has 2 unspecified atom stereocenters. The molecule has 2 aliphatic heterocycles. The molecule has 59 heavy (non-hydrogen) atoms. The molecular formula is C53H38N6. The molecule has 8 aromatic carbocycles. The van der Waals surface area contributed by atoms with Crippen molar-refractivity contribution in [2.75, 3.05) is 10.2 Å². The molecule has 0 bridgehead atoms. The molecule has 0 spiro atoms. The average molecular weight is 759 g/mol. The first kappa shape index (κ1) is 34.4. The van der Waals surface area contributed by atoms with Crippen molar-refractivity contribution in [1.82, 2.24) is 10.3 Å². The number of anilines is 3. The normalized spacial score (nSPS) is 15.9. The van der Waals surface area contributed by atoms with Gasteiger partial charge in [-0.15, -0.1) is 0 Å². The van der Waals surface area contributed by atoms with E-state index >= 15 is 0 Å². The van der Waals surface area contributed by atoms with Crippen LogP contribution in [0, 0.1) is 0 Å². The Morgan fingerprint density at radius 2 is 1.02 bits per heavy atom. The van der Waals surface area contributed by atoms with Crippen LogP contribution in [0.1, 0.15) is 34.6 Å².